The van der Waals surface area contributed by atoms with E-state index in [2.05, 4.69) is 4.98 Å². The summed E-state index contributed by atoms with van der Waals surface area (Å²) >= 11 is 7.65. The molecule has 1 aliphatic heterocycles. The first-order valence-electron chi connectivity index (χ1n) is 6.84. The molecule has 1 aromatic carbocycles. The van der Waals surface area contributed by atoms with Crippen LogP contribution in [0.4, 0.5) is 4.39 Å². The lowest BCUT2D eigenvalue weighted by Gasteiger charge is -2.13. The zero-order chi connectivity index (χ0) is 15.2. The summed E-state index contributed by atoms with van der Waals surface area (Å²) in [4.78, 5) is 5.26. The third-order valence-electron chi connectivity index (χ3n) is 3.34. The van der Waals surface area contributed by atoms with E-state index >= 15 is 0 Å². The predicted molar refractivity (Wildman–Crippen MR) is 83.1 cm³/mol. The fraction of sp³-hybridized carbons (Fsp3) is 0.533. The normalized spacial score (nSPS) is 23.1. The van der Waals surface area contributed by atoms with Gasteiger partial charge in [0.25, 0.3) is 0 Å². The minimum absolute atomic E-state index is 0.148. The van der Waals surface area contributed by atoms with Crippen LogP contribution in [0.25, 0.3) is 11.1 Å². The third kappa shape index (κ3) is 2.91. The first kappa shape index (κ1) is 15.1. The van der Waals surface area contributed by atoms with Crippen molar-refractivity contribution in [2.45, 2.75) is 42.5 Å². The molecular weight excluding hydrogens is 313 g/mol. The maximum absolute atomic E-state index is 13.8. The quantitative estimate of drug-likeness (QED) is 0.806. The van der Waals surface area contributed by atoms with Crippen LogP contribution in [0.15, 0.2) is 21.4 Å². The zero-order valence-corrected chi connectivity index (χ0v) is 13.7. The molecule has 0 spiro atoms. The Kier molecular flexibility index (Phi) is 3.93. The molecule has 0 amide bonds. The van der Waals surface area contributed by atoms with E-state index in [0.29, 0.717) is 23.1 Å². The zero-order valence-electron chi connectivity index (χ0n) is 12.2. The summed E-state index contributed by atoms with van der Waals surface area (Å²) in [6, 6.07) is 3.61. The molecule has 0 radical (unpaired) electrons. The lowest BCUT2D eigenvalue weighted by molar-refractivity contribution is 0.173. The standard InChI is InChI=1S/C15H17ClFNO2S/c1-15(2,3)14-18-10-5-4-8(16)13(12(10)20-14)21-11-7-19-6-9(11)17/h4-5,9,11H,6-7H2,1-3H3/t9-,11-/m1/s1. The highest BCUT2D eigenvalue weighted by molar-refractivity contribution is 8.00. The van der Waals surface area contributed by atoms with Crippen molar-refractivity contribution in [3.8, 4) is 0 Å². The van der Waals surface area contributed by atoms with Gasteiger partial charge in [-0.15, -0.1) is 11.8 Å². The van der Waals surface area contributed by atoms with Gasteiger partial charge >= 0.3 is 0 Å². The van der Waals surface area contributed by atoms with E-state index in [0.717, 1.165) is 10.4 Å². The second-order valence-electron chi connectivity index (χ2n) is 6.20. The molecule has 0 unspecified atom stereocenters. The summed E-state index contributed by atoms with van der Waals surface area (Å²) in [6.45, 7) is 6.64. The van der Waals surface area contributed by atoms with Gasteiger partial charge in [-0.25, -0.2) is 9.37 Å². The highest BCUT2D eigenvalue weighted by Crippen LogP contribution is 2.41. The summed E-state index contributed by atoms with van der Waals surface area (Å²) in [7, 11) is 0. The van der Waals surface area contributed by atoms with E-state index in [9.17, 15) is 4.39 Å². The van der Waals surface area contributed by atoms with E-state index in [1.165, 1.54) is 11.8 Å². The average Bonchev–Trinajstić information content (AvgIpc) is 2.99. The number of rotatable bonds is 2. The fourth-order valence-electron chi connectivity index (χ4n) is 2.14. The van der Waals surface area contributed by atoms with Crippen LogP contribution in [0.2, 0.25) is 5.02 Å². The van der Waals surface area contributed by atoms with Crippen molar-refractivity contribution >= 4 is 34.5 Å². The molecule has 1 saturated heterocycles. The van der Waals surface area contributed by atoms with Crippen LogP contribution < -0.4 is 0 Å². The summed E-state index contributed by atoms with van der Waals surface area (Å²) in [5, 5.41) is 0.305. The number of fused-ring (bicyclic) bond motifs is 1. The Labute approximate surface area is 132 Å². The van der Waals surface area contributed by atoms with Crippen LogP contribution in [-0.2, 0) is 10.2 Å². The summed E-state index contributed by atoms with van der Waals surface area (Å²) in [6.07, 6.45) is -0.980. The van der Waals surface area contributed by atoms with Gasteiger partial charge in [0.1, 0.15) is 11.7 Å². The number of hydrogen-bond acceptors (Lipinski definition) is 4. The molecular formula is C15H17ClFNO2S. The second-order valence-corrected chi connectivity index (χ2v) is 7.86. The van der Waals surface area contributed by atoms with Gasteiger partial charge in [0.05, 0.1) is 28.4 Å². The highest BCUT2D eigenvalue weighted by Gasteiger charge is 2.31. The van der Waals surface area contributed by atoms with Crippen molar-refractivity contribution in [2.24, 2.45) is 0 Å². The van der Waals surface area contributed by atoms with Crippen LogP contribution >= 0.6 is 23.4 Å². The van der Waals surface area contributed by atoms with E-state index in [1.807, 2.05) is 26.8 Å². The molecule has 6 heteroatoms. The van der Waals surface area contributed by atoms with Gasteiger partial charge in [-0.05, 0) is 12.1 Å². The minimum Gasteiger partial charge on any atom is -0.439 e. The van der Waals surface area contributed by atoms with Gasteiger partial charge in [-0.3, -0.25) is 0 Å². The van der Waals surface area contributed by atoms with Crippen molar-refractivity contribution in [1.29, 1.82) is 0 Å². The van der Waals surface area contributed by atoms with E-state index in [1.54, 1.807) is 6.07 Å². The number of oxazole rings is 1. The Balaban J connectivity index is 2.03. The molecule has 2 aromatic rings. The van der Waals surface area contributed by atoms with Crippen LogP contribution in [0, 0.1) is 0 Å². The Bertz CT molecular complexity index is 667. The number of benzene rings is 1. The Morgan fingerprint density at radius 3 is 2.71 bits per heavy atom. The molecule has 1 aromatic heterocycles. The summed E-state index contributed by atoms with van der Waals surface area (Å²) in [5.41, 5.74) is 1.20. The lowest BCUT2D eigenvalue weighted by atomic mass is 9.97. The van der Waals surface area contributed by atoms with Gasteiger partial charge in [-0.2, -0.15) is 0 Å². The molecule has 0 aliphatic carbocycles. The first-order valence-corrected chi connectivity index (χ1v) is 8.10. The topological polar surface area (TPSA) is 35.3 Å². The molecule has 3 rings (SSSR count). The van der Waals surface area contributed by atoms with Gasteiger partial charge in [0, 0.05) is 5.41 Å². The highest BCUT2D eigenvalue weighted by atomic mass is 35.5. The molecule has 0 bridgehead atoms. The van der Waals surface area contributed by atoms with Gasteiger partial charge in [-0.1, -0.05) is 32.4 Å². The van der Waals surface area contributed by atoms with Crippen LogP contribution in [0.1, 0.15) is 26.7 Å². The Morgan fingerprint density at radius 2 is 2.10 bits per heavy atom. The number of aromatic nitrogens is 1. The van der Waals surface area contributed by atoms with Crippen molar-refractivity contribution in [3.05, 3.63) is 23.0 Å². The Hall–Kier alpha value is -0.780. The van der Waals surface area contributed by atoms with Crippen molar-refractivity contribution in [3.63, 3.8) is 0 Å². The SMILES string of the molecule is CC(C)(C)c1nc2ccc(Cl)c(S[C@@H]3COC[C@H]3F)c2o1. The smallest absolute Gasteiger partial charge is 0.200 e. The van der Waals surface area contributed by atoms with Crippen molar-refractivity contribution in [1.82, 2.24) is 4.98 Å². The van der Waals surface area contributed by atoms with E-state index in [-0.39, 0.29) is 17.3 Å². The number of thioether (sulfide) groups is 1. The fourth-order valence-corrected chi connectivity index (χ4v) is 3.55. The number of ether oxygens (including phenoxy) is 1. The maximum atomic E-state index is 13.8. The molecule has 0 N–H and O–H groups in total. The Morgan fingerprint density at radius 1 is 1.33 bits per heavy atom. The van der Waals surface area contributed by atoms with Gasteiger partial charge < -0.3 is 9.15 Å². The van der Waals surface area contributed by atoms with Crippen LogP contribution in [0.3, 0.4) is 0 Å². The number of halogens is 2. The first-order chi connectivity index (χ1) is 9.86. The monoisotopic (exact) mass is 329 g/mol. The predicted octanol–water partition coefficient (Wildman–Crippen LogP) is 4.61. The van der Waals surface area contributed by atoms with Gasteiger partial charge in [0.2, 0.25) is 5.89 Å². The summed E-state index contributed by atoms with van der Waals surface area (Å²) < 4.78 is 24.8. The average molecular weight is 330 g/mol. The molecule has 2 atom stereocenters. The molecule has 2 heterocycles. The van der Waals surface area contributed by atoms with Crippen molar-refractivity contribution < 1.29 is 13.5 Å². The summed E-state index contributed by atoms with van der Waals surface area (Å²) in [5.74, 6) is 0.654. The number of hydrogen-bond donors (Lipinski definition) is 0. The number of nitrogens with zero attached hydrogens (tertiary/aromatic N) is 1. The van der Waals surface area contributed by atoms with Gasteiger partial charge in [0.15, 0.2) is 5.58 Å². The van der Waals surface area contributed by atoms with Crippen molar-refractivity contribution in [2.75, 3.05) is 13.2 Å². The second kappa shape index (κ2) is 5.45. The molecule has 0 saturated carbocycles. The maximum Gasteiger partial charge on any atom is 0.200 e. The lowest BCUT2D eigenvalue weighted by Crippen LogP contribution is -2.15. The van der Waals surface area contributed by atoms with Crippen LogP contribution in [0.5, 0.6) is 0 Å². The molecule has 1 aliphatic rings. The molecule has 3 nitrogen and oxygen atoms in total. The van der Waals surface area contributed by atoms with E-state index < -0.39 is 6.17 Å². The molecule has 21 heavy (non-hydrogen) atoms. The van der Waals surface area contributed by atoms with E-state index in [4.69, 9.17) is 20.8 Å². The van der Waals surface area contributed by atoms with Crippen LogP contribution in [-0.4, -0.2) is 29.6 Å². The number of alkyl halides is 1. The molecule has 114 valence electrons. The minimum atomic E-state index is -0.980. The molecule has 1 fully saturated rings. The largest absolute Gasteiger partial charge is 0.439 e. The third-order valence-corrected chi connectivity index (χ3v) is 5.14.